The largest absolute Gasteiger partial charge is 0.314 e. The van der Waals surface area contributed by atoms with E-state index in [1.807, 2.05) is 25.5 Å². The summed E-state index contributed by atoms with van der Waals surface area (Å²) >= 11 is 0. The van der Waals surface area contributed by atoms with Gasteiger partial charge >= 0.3 is 0 Å². The van der Waals surface area contributed by atoms with Crippen molar-refractivity contribution in [3.8, 4) is 11.5 Å². The Kier molecular flexibility index (Phi) is 4.01. The van der Waals surface area contributed by atoms with Gasteiger partial charge in [0.15, 0.2) is 5.82 Å². The summed E-state index contributed by atoms with van der Waals surface area (Å²) < 4.78 is 1.78. The van der Waals surface area contributed by atoms with Crippen LogP contribution in [0, 0.1) is 5.92 Å². The summed E-state index contributed by atoms with van der Waals surface area (Å²) in [5.74, 6) is 1.44. The van der Waals surface area contributed by atoms with Gasteiger partial charge in [-0.25, -0.2) is 9.97 Å². The van der Waals surface area contributed by atoms with Crippen LogP contribution in [-0.2, 0) is 19.9 Å². The number of hydrogen-bond acceptors (Lipinski definition) is 4. The van der Waals surface area contributed by atoms with E-state index in [0.717, 1.165) is 30.9 Å². The summed E-state index contributed by atoms with van der Waals surface area (Å²) in [7, 11) is 1.91. The third kappa shape index (κ3) is 3.29. The van der Waals surface area contributed by atoms with E-state index in [1.54, 1.807) is 4.68 Å². The average molecular weight is 285 g/mol. The molecule has 21 heavy (non-hydrogen) atoms. The van der Waals surface area contributed by atoms with Crippen molar-refractivity contribution >= 4 is 0 Å². The lowest BCUT2D eigenvalue weighted by atomic mass is 9.87. The zero-order valence-electron chi connectivity index (χ0n) is 13.0. The average Bonchev–Trinajstić information content (AvgIpc) is 2.91. The van der Waals surface area contributed by atoms with Gasteiger partial charge in [-0.1, -0.05) is 13.8 Å². The first kappa shape index (κ1) is 14.2. The van der Waals surface area contributed by atoms with E-state index in [-0.39, 0.29) is 0 Å². The monoisotopic (exact) mass is 285 g/mol. The fourth-order valence-corrected chi connectivity index (χ4v) is 2.82. The van der Waals surface area contributed by atoms with Crippen molar-refractivity contribution in [1.29, 1.82) is 0 Å². The van der Waals surface area contributed by atoms with Crippen molar-refractivity contribution in [2.75, 3.05) is 6.54 Å². The van der Waals surface area contributed by atoms with Crippen LogP contribution in [0.1, 0.15) is 31.5 Å². The van der Waals surface area contributed by atoms with E-state index in [2.05, 4.69) is 29.2 Å². The summed E-state index contributed by atoms with van der Waals surface area (Å²) in [6.45, 7) is 5.47. The molecule has 0 radical (unpaired) electrons. The quantitative estimate of drug-likeness (QED) is 0.933. The summed E-state index contributed by atoms with van der Waals surface area (Å²) in [5.41, 5.74) is 3.35. The molecule has 5 heteroatoms. The number of aromatic nitrogens is 4. The van der Waals surface area contributed by atoms with Gasteiger partial charge in [0.05, 0.1) is 0 Å². The number of nitrogens with zero attached hydrogens (tertiary/aromatic N) is 4. The van der Waals surface area contributed by atoms with Gasteiger partial charge in [0.2, 0.25) is 0 Å². The minimum atomic E-state index is 0.550. The van der Waals surface area contributed by atoms with Gasteiger partial charge in [0, 0.05) is 31.2 Å². The molecule has 0 aromatic carbocycles. The second-order valence-corrected chi connectivity index (χ2v) is 6.21. The number of hydrogen-bond donors (Lipinski definition) is 1. The van der Waals surface area contributed by atoms with Crippen molar-refractivity contribution in [1.82, 2.24) is 25.1 Å². The topological polar surface area (TPSA) is 55.6 Å². The Bertz CT molecular complexity index is 617. The maximum absolute atomic E-state index is 4.72. The molecule has 0 aliphatic heterocycles. The molecule has 0 saturated carbocycles. The highest BCUT2D eigenvalue weighted by atomic mass is 15.3. The van der Waals surface area contributed by atoms with Crippen molar-refractivity contribution in [2.24, 2.45) is 13.0 Å². The Balaban J connectivity index is 1.73. The lowest BCUT2D eigenvalue weighted by Gasteiger charge is -2.25. The summed E-state index contributed by atoms with van der Waals surface area (Å²) in [6.07, 6.45) is 7.24. The zero-order chi connectivity index (χ0) is 14.8. The number of aryl methyl sites for hydroxylation is 2. The van der Waals surface area contributed by atoms with Gasteiger partial charge in [0.25, 0.3) is 0 Å². The second-order valence-electron chi connectivity index (χ2n) is 6.21. The smallest absolute Gasteiger partial charge is 0.180 e. The molecular weight excluding hydrogens is 262 g/mol. The maximum Gasteiger partial charge on any atom is 0.180 e. The van der Waals surface area contributed by atoms with Gasteiger partial charge in [-0.2, -0.15) is 5.10 Å². The predicted octanol–water partition coefficient (Wildman–Crippen LogP) is 1.98. The normalized spacial score (nSPS) is 18.0. The van der Waals surface area contributed by atoms with Crippen LogP contribution < -0.4 is 5.32 Å². The molecular formula is C16H23N5. The molecule has 0 fully saturated rings. The number of fused-ring (bicyclic) bond motifs is 1. The molecule has 1 aliphatic rings. The fraction of sp³-hybridized carbons (Fsp3) is 0.562. The molecule has 5 nitrogen and oxygen atoms in total. The molecule has 1 aliphatic carbocycles. The molecule has 2 heterocycles. The van der Waals surface area contributed by atoms with E-state index < -0.39 is 0 Å². The fourth-order valence-electron chi connectivity index (χ4n) is 2.82. The molecule has 0 bridgehead atoms. The molecule has 2 aromatic heterocycles. The van der Waals surface area contributed by atoms with Crippen LogP contribution in [-0.4, -0.2) is 32.3 Å². The minimum absolute atomic E-state index is 0.550. The van der Waals surface area contributed by atoms with Gasteiger partial charge in [-0.3, -0.25) is 4.68 Å². The van der Waals surface area contributed by atoms with Crippen LogP contribution >= 0.6 is 0 Å². The number of nitrogens with one attached hydrogen (secondary N) is 1. The first-order valence-corrected chi connectivity index (χ1v) is 7.70. The molecule has 2 aromatic rings. The molecule has 0 spiro atoms. The van der Waals surface area contributed by atoms with Crippen LogP contribution in [0.2, 0.25) is 0 Å². The van der Waals surface area contributed by atoms with Crippen LogP contribution in [0.25, 0.3) is 11.5 Å². The van der Waals surface area contributed by atoms with Crippen LogP contribution in [0.5, 0.6) is 0 Å². The summed E-state index contributed by atoms with van der Waals surface area (Å²) in [6, 6.07) is 2.51. The Morgan fingerprint density at radius 3 is 3.00 bits per heavy atom. The lowest BCUT2D eigenvalue weighted by molar-refractivity contribution is 0.402. The third-order valence-corrected chi connectivity index (χ3v) is 4.01. The molecule has 1 atom stereocenters. The van der Waals surface area contributed by atoms with Crippen molar-refractivity contribution < 1.29 is 0 Å². The van der Waals surface area contributed by atoms with Gasteiger partial charge in [0.1, 0.15) is 5.69 Å². The highest BCUT2D eigenvalue weighted by molar-refractivity contribution is 5.48. The standard InChI is InChI=1S/C16H23N5/c1-11(2)17-9-12-4-5-14-13(8-12)10-18-16(19-14)15-6-7-21(3)20-15/h6-7,10-12,17H,4-5,8-9H2,1-3H3. The van der Waals surface area contributed by atoms with Gasteiger partial charge < -0.3 is 5.32 Å². The van der Waals surface area contributed by atoms with Crippen molar-refractivity contribution in [2.45, 2.75) is 39.2 Å². The van der Waals surface area contributed by atoms with E-state index in [9.17, 15) is 0 Å². The Labute approximate surface area is 125 Å². The van der Waals surface area contributed by atoms with E-state index in [4.69, 9.17) is 4.98 Å². The molecule has 0 saturated heterocycles. The Hall–Kier alpha value is -1.75. The summed E-state index contributed by atoms with van der Waals surface area (Å²) in [5, 5.41) is 7.91. The molecule has 3 rings (SSSR count). The van der Waals surface area contributed by atoms with E-state index >= 15 is 0 Å². The highest BCUT2D eigenvalue weighted by Crippen LogP contribution is 2.25. The Morgan fingerprint density at radius 1 is 1.43 bits per heavy atom. The third-order valence-electron chi connectivity index (χ3n) is 4.01. The van der Waals surface area contributed by atoms with Crippen LogP contribution in [0.4, 0.5) is 0 Å². The molecule has 0 amide bonds. The predicted molar refractivity (Wildman–Crippen MR) is 82.9 cm³/mol. The molecule has 1 N–H and O–H groups in total. The van der Waals surface area contributed by atoms with Crippen molar-refractivity contribution in [3.63, 3.8) is 0 Å². The molecule has 1 unspecified atom stereocenters. The SMILES string of the molecule is CC(C)NCC1CCc2nc(-c3ccn(C)n3)ncc2C1. The Morgan fingerprint density at radius 2 is 2.29 bits per heavy atom. The van der Waals surface area contributed by atoms with E-state index in [0.29, 0.717) is 12.0 Å². The minimum Gasteiger partial charge on any atom is -0.314 e. The first-order valence-electron chi connectivity index (χ1n) is 7.70. The van der Waals surface area contributed by atoms with Gasteiger partial charge in [-0.05, 0) is 43.4 Å². The van der Waals surface area contributed by atoms with Crippen molar-refractivity contribution in [3.05, 3.63) is 29.7 Å². The van der Waals surface area contributed by atoms with E-state index in [1.165, 1.54) is 17.7 Å². The first-order chi connectivity index (χ1) is 10.1. The number of rotatable bonds is 4. The maximum atomic E-state index is 4.72. The van der Waals surface area contributed by atoms with Crippen LogP contribution in [0.15, 0.2) is 18.5 Å². The lowest BCUT2D eigenvalue weighted by Crippen LogP contribution is -2.32. The summed E-state index contributed by atoms with van der Waals surface area (Å²) in [4.78, 5) is 9.22. The molecule has 112 valence electrons. The van der Waals surface area contributed by atoms with Gasteiger partial charge in [-0.15, -0.1) is 0 Å². The second kappa shape index (κ2) is 5.93. The highest BCUT2D eigenvalue weighted by Gasteiger charge is 2.21. The van der Waals surface area contributed by atoms with Crippen LogP contribution in [0.3, 0.4) is 0 Å². The zero-order valence-corrected chi connectivity index (χ0v) is 13.0.